The number of nitrogens with one attached hydrogen (secondary N) is 2. The van der Waals surface area contributed by atoms with E-state index >= 15 is 0 Å². The second-order valence-electron chi connectivity index (χ2n) is 4.79. The fraction of sp³-hybridized carbons (Fsp3) is 0.222. The predicted molar refractivity (Wildman–Crippen MR) is 100 cm³/mol. The molecule has 0 unspecified atom stereocenters. The lowest BCUT2D eigenvalue weighted by molar-refractivity contribution is 0.379. The van der Waals surface area contributed by atoms with Gasteiger partial charge in [-0.2, -0.15) is 5.10 Å². The van der Waals surface area contributed by atoms with Gasteiger partial charge in [-0.3, -0.25) is 0 Å². The minimum absolute atomic E-state index is 0.648. The molecule has 2 aromatic carbocycles. The largest absolute Gasteiger partial charge is 0.493 e. The summed E-state index contributed by atoms with van der Waals surface area (Å²) in [5, 5.41) is 6.95. The number of rotatable bonds is 7. The van der Waals surface area contributed by atoms with Crippen LogP contribution in [0.15, 0.2) is 53.6 Å². The maximum Gasteiger partial charge on any atom is 0.169 e. The van der Waals surface area contributed by atoms with Crippen molar-refractivity contribution in [2.75, 3.05) is 13.7 Å². The molecule has 2 N–H and O–H groups in total. The van der Waals surface area contributed by atoms with E-state index in [4.69, 9.17) is 9.47 Å². The van der Waals surface area contributed by atoms with Crippen LogP contribution in [0.5, 0.6) is 17.2 Å². The summed E-state index contributed by atoms with van der Waals surface area (Å²) < 4.78 is 14.3. The first kappa shape index (κ1) is 17.8. The summed E-state index contributed by atoms with van der Waals surface area (Å²) in [5.74, 6) is 2.07. The van der Waals surface area contributed by atoms with Crippen LogP contribution in [0.2, 0.25) is 0 Å². The van der Waals surface area contributed by atoms with Gasteiger partial charge in [0, 0.05) is 6.54 Å². The third-order valence-electron chi connectivity index (χ3n) is 2.96. The zero-order valence-electron chi connectivity index (χ0n) is 13.8. The maximum absolute atomic E-state index is 5.83. The van der Waals surface area contributed by atoms with Crippen molar-refractivity contribution in [2.24, 2.45) is 5.10 Å². The third kappa shape index (κ3) is 5.93. The highest BCUT2D eigenvalue weighted by Crippen LogP contribution is 2.31. The molecule has 0 aromatic heterocycles. The average Bonchev–Trinajstić information content (AvgIpc) is 2.63. The molecule has 6 heteroatoms. The van der Waals surface area contributed by atoms with E-state index in [-0.39, 0.29) is 0 Å². The molecule has 0 aliphatic rings. The van der Waals surface area contributed by atoms with E-state index in [2.05, 4.69) is 27.5 Å². The van der Waals surface area contributed by atoms with Crippen molar-refractivity contribution in [1.82, 2.24) is 10.1 Å². The van der Waals surface area contributed by atoms with Crippen molar-refractivity contribution in [2.45, 2.75) is 13.3 Å². The summed E-state index contributed by atoms with van der Waals surface area (Å²) in [6, 6.07) is 15.2. The van der Waals surface area contributed by atoms with E-state index in [9.17, 15) is 0 Å². The number of benzene rings is 2. The Balaban J connectivity index is 1.99. The molecule has 0 saturated carbocycles. The molecule has 2 rings (SSSR count). The first-order valence-electron chi connectivity index (χ1n) is 7.66. The van der Waals surface area contributed by atoms with Gasteiger partial charge in [0.25, 0.3) is 0 Å². The lowest BCUT2D eigenvalue weighted by Crippen LogP contribution is -2.01. The molecule has 5 nitrogen and oxygen atoms in total. The van der Waals surface area contributed by atoms with E-state index in [0.717, 1.165) is 24.3 Å². The number of hydrogen-bond acceptors (Lipinski definition) is 5. The highest BCUT2D eigenvalue weighted by molar-refractivity contribution is 7.86. The Kier molecular flexibility index (Phi) is 7.63. The standard InChI is InChI=1S/C18H21N3O2S/c1-3-11-21-24-14-20-19-13-15-9-10-17(18(12-15)22-2)23-16-7-5-4-6-8-16/h4-10,12-13,20-21H,3,11H2,1-2H3/b19-13+. The molecule has 0 aliphatic carbocycles. The molecule has 0 heterocycles. The summed E-state index contributed by atoms with van der Waals surface area (Å²) in [5.41, 5.74) is 3.63. The van der Waals surface area contributed by atoms with E-state index in [1.165, 1.54) is 11.4 Å². The number of ether oxygens (including phenoxy) is 2. The number of methoxy groups -OCH3 is 1. The Bertz CT molecular complexity index is 724. The number of nitrogens with zero attached hydrogens (tertiary/aromatic N) is 1. The smallest absolute Gasteiger partial charge is 0.169 e. The van der Waals surface area contributed by atoms with Gasteiger partial charge in [0.05, 0.1) is 18.6 Å². The van der Waals surface area contributed by atoms with Gasteiger partial charge in [-0.15, -0.1) is 0 Å². The Morgan fingerprint density at radius 2 is 2.00 bits per heavy atom. The van der Waals surface area contributed by atoms with Gasteiger partial charge in [0.15, 0.2) is 11.5 Å². The van der Waals surface area contributed by atoms with Crippen LogP contribution in [-0.4, -0.2) is 19.9 Å². The molecule has 0 atom stereocenters. The van der Waals surface area contributed by atoms with Crippen molar-refractivity contribution in [1.29, 1.82) is 0 Å². The summed E-state index contributed by atoms with van der Waals surface area (Å²) in [7, 11) is 1.62. The minimum Gasteiger partial charge on any atom is -0.493 e. The lowest BCUT2D eigenvalue weighted by Gasteiger charge is -2.10. The first-order chi connectivity index (χ1) is 11.8. The third-order valence-corrected chi connectivity index (χ3v) is 3.50. The number of para-hydroxylation sites is 1. The van der Waals surface area contributed by atoms with Gasteiger partial charge in [0.1, 0.15) is 5.75 Å². The maximum atomic E-state index is 5.83. The topological polar surface area (TPSA) is 54.9 Å². The summed E-state index contributed by atoms with van der Waals surface area (Å²) in [6.45, 7) is 3.04. The molecule has 0 bridgehead atoms. The summed E-state index contributed by atoms with van der Waals surface area (Å²) in [6.07, 6.45) is 2.78. The molecule has 2 aromatic rings. The number of hydrazone groups is 1. The normalized spacial score (nSPS) is 10.2. The predicted octanol–water partition coefficient (Wildman–Crippen LogP) is 3.98. The summed E-state index contributed by atoms with van der Waals surface area (Å²) in [4.78, 5) is 0. The van der Waals surface area contributed by atoms with Gasteiger partial charge < -0.3 is 9.47 Å². The molecule has 0 spiro atoms. The molecule has 0 amide bonds. The monoisotopic (exact) mass is 343 g/mol. The molecular weight excluding hydrogens is 322 g/mol. The fourth-order valence-electron chi connectivity index (χ4n) is 1.81. The molecule has 24 heavy (non-hydrogen) atoms. The van der Waals surface area contributed by atoms with Crippen molar-refractivity contribution in [3.8, 4) is 22.6 Å². The average molecular weight is 343 g/mol. The SMILES string of the molecule is CCCNS#CN/N=C/c1ccc(Oc2ccccc2)c(OC)c1. The number of hydrogen-bond donors (Lipinski definition) is 2. The van der Waals surface area contributed by atoms with Crippen LogP contribution in [0, 0.1) is 5.31 Å². The van der Waals surface area contributed by atoms with Gasteiger partial charge in [-0.1, -0.05) is 25.1 Å². The lowest BCUT2D eigenvalue weighted by atomic mass is 10.2. The molecule has 126 valence electrons. The van der Waals surface area contributed by atoms with Crippen LogP contribution >= 0.6 is 11.4 Å². The van der Waals surface area contributed by atoms with E-state index in [0.29, 0.717) is 11.5 Å². The Morgan fingerprint density at radius 3 is 2.75 bits per heavy atom. The van der Waals surface area contributed by atoms with Crippen LogP contribution in [-0.2, 0) is 0 Å². The zero-order chi connectivity index (χ0) is 17.0. The quantitative estimate of drug-likeness (QED) is 0.263. The van der Waals surface area contributed by atoms with Crippen molar-refractivity contribution >= 4 is 17.6 Å². The van der Waals surface area contributed by atoms with Crippen molar-refractivity contribution in [3.63, 3.8) is 0 Å². The van der Waals surface area contributed by atoms with Gasteiger partial charge in [0.2, 0.25) is 0 Å². The van der Waals surface area contributed by atoms with Crippen LogP contribution in [0.4, 0.5) is 0 Å². The van der Waals surface area contributed by atoms with Gasteiger partial charge >= 0.3 is 0 Å². The molecule has 0 aliphatic heterocycles. The van der Waals surface area contributed by atoms with Crippen molar-refractivity contribution < 1.29 is 9.47 Å². The van der Waals surface area contributed by atoms with Gasteiger partial charge in [-0.25, -0.2) is 10.1 Å². The van der Waals surface area contributed by atoms with Crippen LogP contribution in [0.3, 0.4) is 0 Å². The Hall–Kier alpha value is -2.53. The molecular formula is C18H21N3O2S. The van der Waals surface area contributed by atoms with Crippen LogP contribution < -0.4 is 19.6 Å². The molecule has 0 saturated heterocycles. The first-order valence-corrected chi connectivity index (χ1v) is 8.48. The van der Waals surface area contributed by atoms with Crippen LogP contribution in [0.25, 0.3) is 0 Å². The van der Waals surface area contributed by atoms with E-state index in [1.54, 1.807) is 13.3 Å². The minimum atomic E-state index is 0.648. The van der Waals surface area contributed by atoms with E-state index < -0.39 is 0 Å². The Labute approximate surface area is 146 Å². The fourth-order valence-corrected chi connectivity index (χ4v) is 2.29. The van der Waals surface area contributed by atoms with E-state index in [1.807, 2.05) is 48.5 Å². The highest BCUT2D eigenvalue weighted by Gasteiger charge is 2.06. The molecule has 0 radical (unpaired) electrons. The Morgan fingerprint density at radius 1 is 1.17 bits per heavy atom. The second-order valence-corrected chi connectivity index (χ2v) is 5.49. The molecule has 0 fully saturated rings. The summed E-state index contributed by atoms with van der Waals surface area (Å²) >= 11 is 1.35. The second kappa shape index (κ2) is 10.3. The zero-order valence-corrected chi connectivity index (χ0v) is 14.6. The highest BCUT2D eigenvalue weighted by atomic mass is 32.1. The van der Waals surface area contributed by atoms with Gasteiger partial charge in [-0.05, 0) is 53.7 Å². The van der Waals surface area contributed by atoms with Crippen LogP contribution in [0.1, 0.15) is 18.9 Å². The van der Waals surface area contributed by atoms with Crippen molar-refractivity contribution in [3.05, 3.63) is 54.1 Å².